The lowest BCUT2D eigenvalue weighted by molar-refractivity contribution is 1.60. The molecule has 5 rings (SSSR count). The molecule has 0 amide bonds. The van der Waals surface area contributed by atoms with E-state index in [0.29, 0.717) is 0 Å². The van der Waals surface area contributed by atoms with Gasteiger partial charge in [-0.15, -0.1) is 0 Å². The lowest BCUT2D eigenvalue weighted by Crippen LogP contribution is -2.74. The Labute approximate surface area is 199 Å². The minimum atomic E-state index is -2.44. The van der Waals surface area contributed by atoms with Crippen LogP contribution < -0.4 is 20.7 Å². The first kappa shape index (κ1) is 20.7. The van der Waals surface area contributed by atoms with Gasteiger partial charge in [-0.1, -0.05) is 143 Å². The van der Waals surface area contributed by atoms with E-state index in [1.165, 1.54) is 31.9 Å². The highest BCUT2D eigenvalue weighted by atomic mass is 79.9. The zero-order valence-electron chi connectivity index (χ0n) is 17.7. The Kier molecular flexibility index (Phi) is 5.89. The van der Waals surface area contributed by atoms with Crippen LogP contribution in [0.5, 0.6) is 0 Å². The molecular formula is C30H23BrSi. The van der Waals surface area contributed by atoms with E-state index in [-0.39, 0.29) is 0 Å². The maximum atomic E-state index is 3.60. The van der Waals surface area contributed by atoms with Crippen LogP contribution in [0.1, 0.15) is 0 Å². The van der Waals surface area contributed by atoms with Crippen molar-refractivity contribution in [3.63, 3.8) is 0 Å². The molecule has 5 aromatic carbocycles. The summed E-state index contributed by atoms with van der Waals surface area (Å²) in [7, 11) is -2.44. The Morgan fingerprint density at radius 2 is 0.812 bits per heavy atom. The molecule has 0 aliphatic heterocycles. The van der Waals surface area contributed by atoms with Gasteiger partial charge < -0.3 is 0 Å². The third-order valence-corrected chi connectivity index (χ3v) is 11.4. The normalized spacial score (nSPS) is 11.3. The Morgan fingerprint density at radius 1 is 0.375 bits per heavy atom. The Balaban J connectivity index is 1.77. The molecular weight excluding hydrogens is 468 g/mol. The van der Waals surface area contributed by atoms with Crippen LogP contribution in [0.15, 0.2) is 144 Å². The lowest BCUT2D eigenvalue weighted by atomic mass is 10.1. The Morgan fingerprint density at radius 3 is 1.25 bits per heavy atom. The average Bonchev–Trinajstić information content (AvgIpc) is 2.87. The van der Waals surface area contributed by atoms with Crippen molar-refractivity contribution in [1.29, 1.82) is 0 Å². The van der Waals surface area contributed by atoms with E-state index in [0.717, 1.165) is 4.47 Å². The van der Waals surface area contributed by atoms with Crippen molar-refractivity contribution in [2.75, 3.05) is 0 Å². The minimum absolute atomic E-state index is 1.10. The summed E-state index contributed by atoms with van der Waals surface area (Å²) in [6.07, 6.45) is 0. The summed E-state index contributed by atoms with van der Waals surface area (Å²) < 4.78 is 1.10. The van der Waals surface area contributed by atoms with E-state index in [1.807, 2.05) is 0 Å². The van der Waals surface area contributed by atoms with Crippen molar-refractivity contribution in [3.8, 4) is 11.1 Å². The summed E-state index contributed by atoms with van der Waals surface area (Å²) in [4.78, 5) is 0. The SMILES string of the molecule is Brc1cccc(-c2ccc([Si](c3ccccc3)(c3ccccc3)c3ccccc3)cc2)c1. The van der Waals surface area contributed by atoms with Gasteiger partial charge in [-0.25, -0.2) is 0 Å². The number of hydrogen-bond donors (Lipinski definition) is 0. The largest absolute Gasteiger partial charge is 0.179 e. The molecule has 0 fully saturated rings. The molecule has 0 radical (unpaired) electrons. The first-order chi connectivity index (χ1) is 15.8. The molecule has 0 saturated heterocycles. The predicted octanol–water partition coefficient (Wildman–Crippen LogP) is 5.49. The van der Waals surface area contributed by atoms with Crippen molar-refractivity contribution in [2.24, 2.45) is 0 Å². The topological polar surface area (TPSA) is 0 Å². The summed E-state index contributed by atoms with van der Waals surface area (Å²) in [6.45, 7) is 0. The smallest absolute Gasteiger partial charge is 0.0623 e. The first-order valence-electron chi connectivity index (χ1n) is 10.8. The molecule has 0 spiro atoms. The quantitative estimate of drug-likeness (QED) is 0.225. The van der Waals surface area contributed by atoms with Gasteiger partial charge in [0, 0.05) is 4.47 Å². The zero-order valence-corrected chi connectivity index (χ0v) is 20.2. The first-order valence-corrected chi connectivity index (χ1v) is 13.6. The highest BCUT2D eigenvalue weighted by Crippen LogP contribution is 2.23. The van der Waals surface area contributed by atoms with Crippen LogP contribution in [-0.4, -0.2) is 8.07 Å². The lowest BCUT2D eigenvalue weighted by Gasteiger charge is -2.34. The molecule has 0 N–H and O–H groups in total. The van der Waals surface area contributed by atoms with Gasteiger partial charge in [-0.2, -0.15) is 0 Å². The van der Waals surface area contributed by atoms with E-state index in [9.17, 15) is 0 Å². The molecule has 0 nitrogen and oxygen atoms in total. The molecule has 0 bridgehead atoms. The van der Waals surface area contributed by atoms with Gasteiger partial charge >= 0.3 is 0 Å². The van der Waals surface area contributed by atoms with E-state index in [1.54, 1.807) is 0 Å². The monoisotopic (exact) mass is 490 g/mol. The van der Waals surface area contributed by atoms with Crippen molar-refractivity contribution >= 4 is 44.8 Å². The van der Waals surface area contributed by atoms with E-state index >= 15 is 0 Å². The second-order valence-corrected chi connectivity index (χ2v) is 12.7. The van der Waals surface area contributed by atoms with Crippen LogP contribution in [0.25, 0.3) is 11.1 Å². The zero-order chi connectivity index (χ0) is 21.8. The minimum Gasteiger partial charge on any atom is -0.0623 e. The molecule has 0 aliphatic carbocycles. The summed E-state index contributed by atoms with van der Waals surface area (Å²) in [5, 5.41) is 5.58. The maximum Gasteiger partial charge on any atom is 0.179 e. The predicted molar refractivity (Wildman–Crippen MR) is 143 cm³/mol. The van der Waals surface area contributed by atoms with Crippen LogP contribution >= 0.6 is 15.9 Å². The van der Waals surface area contributed by atoms with Crippen molar-refractivity contribution in [1.82, 2.24) is 0 Å². The van der Waals surface area contributed by atoms with Gasteiger partial charge in [0.1, 0.15) is 0 Å². The summed E-state index contributed by atoms with van der Waals surface area (Å²) >= 11 is 3.60. The number of rotatable bonds is 5. The molecule has 5 aromatic rings. The molecule has 0 heterocycles. The molecule has 0 atom stereocenters. The van der Waals surface area contributed by atoms with Crippen LogP contribution in [-0.2, 0) is 0 Å². The fourth-order valence-corrected chi connectivity index (χ4v) is 9.79. The maximum absolute atomic E-state index is 3.60. The summed E-state index contributed by atoms with van der Waals surface area (Å²) in [5.74, 6) is 0. The van der Waals surface area contributed by atoms with Gasteiger partial charge in [-0.05, 0) is 44.0 Å². The van der Waals surface area contributed by atoms with Crippen molar-refractivity contribution in [2.45, 2.75) is 0 Å². The van der Waals surface area contributed by atoms with Gasteiger partial charge in [0.25, 0.3) is 0 Å². The van der Waals surface area contributed by atoms with E-state index in [2.05, 4.69) is 155 Å². The third-order valence-electron chi connectivity index (χ3n) is 6.10. The fraction of sp³-hybridized carbons (Fsp3) is 0. The Hall–Kier alpha value is -3.20. The van der Waals surface area contributed by atoms with Gasteiger partial charge in [-0.3, -0.25) is 0 Å². The Bertz CT molecular complexity index is 1200. The highest BCUT2D eigenvalue weighted by molar-refractivity contribution is 9.10. The van der Waals surface area contributed by atoms with Gasteiger partial charge in [0.05, 0.1) is 0 Å². The molecule has 32 heavy (non-hydrogen) atoms. The van der Waals surface area contributed by atoms with Gasteiger partial charge in [0.15, 0.2) is 8.07 Å². The fourth-order valence-electron chi connectivity index (χ4n) is 4.65. The van der Waals surface area contributed by atoms with Crippen LogP contribution in [0.3, 0.4) is 0 Å². The molecule has 154 valence electrons. The molecule has 2 heteroatoms. The number of halogens is 1. The van der Waals surface area contributed by atoms with Crippen molar-refractivity contribution in [3.05, 3.63) is 144 Å². The summed E-state index contributed by atoms with van der Waals surface area (Å²) in [5.41, 5.74) is 2.45. The number of hydrogen-bond acceptors (Lipinski definition) is 0. The van der Waals surface area contributed by atoms with E-state index < -0.39 is 8.07 Å². The third kappa shape index (κ3) is 3.77. The standard InChI is InChI=1S/C30H23BrSi/c31-26-12-10-11-25(23-26)24-19-21-30(22-20-24)32(27-13-4-1-5-14-27,28-15-6-2-7-16-28)29-17-8-3-9-18-29/h1-23H. The highest BCUT2D eigenvalue weighted by Gasteiger charge is 2.41. The molecule has 0 saturated carbocycles. The van der Waals surface area contributed by atoms with Crippen LogP contribution in [0, 0.1) is 0 Å². The van der Waals surface area contributed by atoms with Gasteiger partial charge in [0.2, 0.25) is 0 Å². The van der Waals surface area contributed by atoms with E-state index in [4.69, 9.17) is 0 Å². The summed E-state index contributed by atoms with van der Waals surface area (Å²) in [6, 6.07) is 50.8. The molecule has 0 unspecified atom stereocenters. The van der Waals surface area contributed by atoms with Crippen LogP contribution in [0.2, 0.25) is 0 Å². The van der Waals surface area contributed by atoms with Crippen molar-refractivity contribution < 1.29 is 0 Å². The second-order valence-electron chi connectivity index (χ2n) is 7.94. The average molecular weight is 492 g/mol. The second kappa shape index (κ2) is 9.11. The molecule has 0 aromatic heterocycles. The molecule has 0 aliphatic rings. The van der Waals surface area contributed by atoms with Crippen LogP contribution in [0.4, 0.5) is 0 Å². The number of benzene rings is 5.